The van der Waals surface area contributed by atoms with Gasteiger partial charge in [0.15, 0.2) is 0 Å². The number of ether oxygens (including phenoxy) is 2. The van der Waals surface area contributed by atoms with Crippen molar-refractivity contribution < 1.29 is 14.3 Å². The van der Waals surface area contributed by atoms with Gasteiger partial charge in [0.05, 0.1) is 12.1 Å². The summed E-state index contributed by atoms with van der Waals surface area (Å²) in [6.07, 6.45) is 1.29. The first-order valence-electron chi connectivity index (χ1n) is 6.70. The average molecular weight is 269 g/mol. The summed E-state index contributed by atoms with van der Waals surface area (Å²) in [4.78, 5) is 18.2. The second-order valence-electron chi connectivity index (χ2n) is 6.29. The maximum atomic E-state index is 12.0. The Morgan fingerprint density at radius 1 is 1.42 bits per heavy atom. The molecule has 2 rings (SSSR count). The van der Waals surface area contributed by atoms with Crippen molar-refractivity contribution in [3.8, 4) is 0 Å². The Labute approximate surface area is 113 Å². The number of amidine groups is 1. The van der Waals surface area contributed by atoms with Gasteiger partial charge in [-0.1, -0.05) is 0 Å². The van der Waals surface area contributed by atoms with Crippen LogP contribution in [-0.4, -0.2) is 54.3 Å². The monoisotopic (exact) mass is 269 g/mol. The molecule has 2 aliphatic heterocycles. The van der Waals surface area contributed by atoms with Crippen LogP contribution in [-0.2, 0) is 9.47 Å². The molecule has 0 aromatic rings. The second kappa shape index (κ2) is 5.00. The Morgan fingerprint density at radius 3 is 2.58 bits per heavy atom. The van der Waals surface area contributed by atoms with Gasteiger partial charge in [-0.05, 0) is 33.6 Å². The van der Waals surface area contributed by atoms with E-state index in [1.54, 1.807) is 4.90 Å². The first-order valence-corrected chi connectivity index (χ1v) is 6.70. The number of rotatable bonds is 0. The Morgan fingerprint density at radius 2 is 2.05 bits per heavy atom. The molecule has 0 aromatic carbocycles. The molecule has 0 saturated carbocycles. The van der Waals surface area contributed by atoms with E-state index in [1.165, 1.54) is 0 Å². The summed E-state index contributed by atoms with van der Waals surface area (Å²) in [5.74, 6) is 0.553. The third kappa shape index (κ3) is 3.59. The van der Waals surface area contributed by atoms with Crippen LogP contribution in [0.5, 0.6) is 0 Å². The fraction of sp³-hybridized carbons (Fsp3) is 0.846. The van der Waals surface area contributed by atoms with Gasteiger partial charge in [0.2, 0.25) is 0 Å². The largest absolute Gasteiger partial charge is 0.444 e. The number of carbonyl (C=O) groups excluding carboxylic acids is 1. The normalized spacial score (nSPS) is 23.1. The molecule has 0 unspecified atom stereocenters. The summed E-state index contributed by atoms with van der Waals surface area (Å²) >= 11 is 0. The molecular formula is C13H23N3O3. The molecule has 0 aromatic heterocycles. The van der Waals surface area contributed by atoms with Crippen LogP contribution in [0.25, 0.3) is 0 Å². The van der Waals surface area contributed by atoms with Crippen molar-refractivity contribution in [2.75, 3.05) is 26.3 Å². The van der Waals surface area contributed by atoms with Crippen LogP contribution >= 0.6 is 0 Å². The van der Waals surface area contributed by atoms with Crippen molar-refractivity contribution in [3.05, 3.63) is 0 Å². The summed E-state index contributed by atoms with van der Waals surface area (Å²) in [5, 5.41) is 0. The lowest BCUT2D eigenvalue weighted by Crippen LogP contribution is -2.51. The SMILES string of the molecule is CC(C)(C)OC(=O)N1CCC2(CC1)COCC(N)=N2. The predicted octanol–water partition coefficient (Wildman–Crippen LogP) is 1.14. The highest BCUT2D eigenvalue weighted by Gasteiger charge is 2.38. The van der Waals surface area contributed by atoms with E-state index in [0.717, 1.165) is 12.8 Å². The summed E-state index contributed by atoms with van der Waals surface area (Å²) in [5.41, 5.74) is 5.05. The second-order valence-corrected chi connectivity index (χ2v) is 6.29. The van der Waals surface area contributed by atoms with Gasteiger partial charge < -0.3 is 20.1 Å². The molecule has 2 aliphatic rings. The number of nitrogens with zero attached hydrogens (tertiary/aromatic N) is 2. The van der Waals surface area contributed by atoms with Gasteiger partial charge >= 0.3 is 6.09 Å². The number of hydrogen-bond acceptors (Lipinski definition) is 5. The summed E-state index contributed by atoms with van der Waals surface area (Å²) in [7, 11) is 0. The van der Waals surface area contributed by atoms with Crippen molar-refractivity contribution in [1.29, 1.82) is 0 Å². The van der Waals surface area contributed by atoms with Crippen molar-refractivity contribution in [1.82, 2.24) is 4.90 Å². The fourth-order valence-electron chi connectivity index (χ4n) is 2.40. The minimum atomic E-state index is -0.456. The highest BCUT2D eigenvalue weighted by Crippen LogP contribution is 2.29. The molecule has 6 nitrogen and oxygen atoms in total. The van der Waals surface area contributed by atoms with E-state index < -0.39 is 5.60 Å². The molecular weight excluding hydrogens is 246 g/mol. The van der Waals surface area contributed by atoms with E-state index in [9.17, 15) is 4.79 Å². The summed E-state index contributed by atoms with van der Waals surface area (Å²) in [6.45, 7) is 7.89. The van der Waals surface area contributed by atoms with Crippen molar-refractivity contribution in [2.45, 2.75) is 44.8 Å². The van der Waals surface area contributed by atoms with Gasteiger partial charge in [-0.15, -0.1) is 0 Å². The number of carbonyl (C=O) groups is 1. The minimum Gasteiger partial charge on any atom is -0.444 e. The van der Waals surface area contributed by atoms with Gasteiger partial charge in [0.25, 0.3) is 0 Å². The number of aliphatic imine (C=N–C) groups is 1. The van der Waals surface area contributed by atoms with Crippen LogP contribution in [0.2, 0.25) is 0 Å². The van der Waals surface area contributed by atoms with Gasteiger partial charge in [-0.2, -0.15) is 0 Å². The average Bonchev–Trinajstić information content (AvgIpc) is 2.27. The molecule has 0 bridgehead atoms. The Hall–Kier alpha value is -1.30. The molecule has 19 heavy (non-hydrogen) atoms. The summed E-state index contributed by atoms with van der Waals surface area (Å²) in [6, 6.07) is 0. The Kier molecular flexibility index (Phi) is 3.71. The third-order valence-corrected chi connectivity index (χ3v) is 3.35. The van der Waals surface area contributed by atoms with Gasteiger partial charge in [-0.3, -0.25) is 4.99 Å². The zero-order valence-corrected chi connectivity index (χ0v) is 11.9. The molecule has 2 N–H and O–H groups in total. The van der Waals surface area contributed by atoms with Crippen LogP contribution in [0, 0.1) is 0 Å². The molecule has 2 heterocycles. The molecule has 0 radical (unpaired) electrons. The first kappa shape index (κ1) is 14.1. The topological polar surface area (TPSA) is 77.1 Å². The maximum Gasteiger partial charge on any atom is 0.410 e. The Balaban J connectivity index is 1.92. The van der Waals surface area contributed by atoms with E-state index in [0.29, 0.717) is 32.1 Å². The van der Waals surface area contributed by atoms with Crippen LogP contribution in [0.1, 0.15) is 33.6 Å². The number of amides is 1. The highest BCUT2D eigenvalue weighted by molar-refractivity contribution is 5.82. The van der Waals surface area contributed by atoms with Crippen molar-refractivity contribution in [3.63, 3.8) is 0 Å². The number of piperidine rings is 1. The standard InChI is InChI=1S/C13H23N3O3/c1-12(2,3)19-11(17)16-6-4-13(5-7-16)9-18-8-10(14)15-13/h4-9H2,1-3H3,(H2,14,15). The zero-order valence-electron chi connectivity index (χ0n) is 11.9. The van der Waals surface area contributed by atoms with E-state index in [4.69, 9.17) is 15.2 Å². The van der Waals surface area contributed by atoms with E-state index in [-0.39, 0.29) is 11.6 Å². The van der Waals surface area contributed by atoms with Crippen LogP contribution in [0.15, 0.2) is 4.99 Å². The molecule has 108 valence electrons. The third-order valence-electron chi connectivity index (χ3n) is 3.35. The lowest BCUT2D eigenvalue weighted by Gasteiger charge is -2.41. The number of nitrogens with two attached hydrogens (primary N) is 1. The van der Waals surface area contributed by atoms with Crippen LogP contribution in [0.3, 0.4) is 0 Å². The molecule has 1 saturated heterocycles. The van der Waals surface area contributed by atoms with Gasteiger partial charge in [-0.25, -0.2) is 4.79 Å². The highest BCUT2D eigenvalue weighted by atomic mass is 16.6. The van der Waals surface area contributed by atoms with E-state index in [2.05, 4.69) is 4.99 Å². The Bertz CT molecular complexity index is 379. The summed E-state index contributed by atoms with van der Waals surface area (Å²) < 4.78 is 10.8. The fourth-order valence-corrected chi connectivity index (χ4v) is 2.40. The minimum absolute atomic E-state index is 0.235. The van der Waals surface area contributed by atoms with Gasteiger partial charge in [0, 0.05) is 13.1 Å². The van der Waals surface area contributed by atoms with Crippen LogP contribution < -0.4 is 5.73 Å². The molecule has 1 fully saturated rings. The molecule has 1 spiro atoms. The van der Waals surface area contributed by atoms with E-state index in [1.807, 2.05) is 20.8 Å². The lowest BCUT2D eigenvalue weighted by molar-refractivity contribution is 0.00767. The molecule has 1 amide bonds. The molecule has 0 atom stereocenters. The zero-order chi connectivity index (χ0) is 14.1. The quantitative estimate of drug-likeness (QED) is 0.715. The predicted molar refractivity (Wildman–Crippen MR) is 72.2 cm³/mol. The van der Waals surface area contributed by atoms with Gasteiger partial charge in [0.1, 0.15) is 18.0 Å². The van der Waals surface area contributed by atoms with Crippen molar-refractivity contribution >= 4 is 11.9 Å². The number of likely N-dealkylation sites (tertiary alicyclic amines) is 1. The van der Waals surface area contributed by atoms with Crippen molar-refractivity contribution in [2.24, 2.45) is 10.7 Å². The first-order chi connectivity index (χ1) is 8.80. The molecule has 6 heteroatoms. The number of hydrogen-bond donors (Lipinski definition) is 1. The van der Waals surface area contributed by atoms with Crippen LogP contribution in [0.4, 0.5) is 4.79 Å². The smallest absolute Gasteiger partial charge is 0.410 e. The maximum absolute atomic E-state index is 12.0. The van der Waals surface area contributed by atoms with E-state index >= 15 is 0 Å². The molecule has 0 aliphatic carbocycles. The lowest BCUT2D eigenvalue weighted by atomic mass is 9.88.